The predicted octanol–water partition coefficient (Wildman–Crippen LogP) is 5.94. The number of aryl methyl sites for hydroxylation is 1. The third-order valence-corrected chi connectivity index (χ3v) is 6.29. The molecule has 1 heterocycles. The lowest BCUT2D eigenvalue weighted by Gasteiger charge is -2.27. The molecular formula is C27H28N2O. The molecule has 0 saturated heterocycles. The zero-order valence-corrected chi connectivity index (χ0v) is 17.2. The van der Waals surface area contributed by atoms with E-state index in [0.29, 0.717) is 12.5 Å². The number of ether oxygens (including phenoxy) is 1. The van der Waals surface area contributed by atoms with E-state index in [1.165, 1.54) is 34.2 Å². The summed E-state index contributed by atoms with van der Waals surface area (Å²) in [5.41, 5.74) is 12.9. The molecule has 3 aromatic carbocycles. The monoisotopic (exact) mass is 396 g/mol. The lowest BCUT2D eigenvalue weighted by atomic mass is 9.81. The normalized spacial score (nSPS) is 18.3. The molecule has 1 aliphatic carbocycles. The lowest BCUT2D eigenvalue weighted by molar-refractivity contribution is 0.306. The van der Waals surface area contributed by atoms with E-state index in [4.69, 9.17) is 10.5 Å². The van der Waals surface area contributed by atoms with Gasteiger partial charge in [-0.05, 0) is 66.5 Å². The van der Waals surface area contributed by atoms with Gasteiger partial charge < -0.3 is 15.5 Å². The number of benzene rings is 3. The molecule has 0 spiro atoms. The van der Waals surface area contributed by atoms with Gasteiger partial charge in [0.25, 0.3) is 0 Å². The predicted molar refractivity (Wildman–Crippen MR) is 123 cm³/mol. The van der Waals surface area contributed by atoms with Crippen molar-refractivity contribution in [3.05, 3.63) is 101 Å². The minimum absolute atomic E-state index is 0.0793. The van der Waals surface area contributed by atoms with Crippen LogP contribution in [0.4, 0.5) is 0 Å². The molecule has 0 fully saturated rings. The van der Waals surface area contributed by atoms with Crippen molar-refractivity contribution in [1.29, 1.82) is 0 Å². The SMILES string of the molecule is NC1CC(CCc2ccccc2)Cc2c1[nH]c1ccc(OCc3ccccc3)cc21. The van der Waals surface area contributed by atoms with E-state index in [9.17, 15) is 0 Å². The fraction of sp³-hybridized carbons (Fsp3) is 0.259. The van der Waals surface area contributed by atoms with Crippen molar-refractivity contribution in [2.75, 3.05) is 0 Å². The van der Waals surface area contributed by atoms with Crippen molar-refractivity contribution in [2.45, 2.75) is 38.3 Å². The molecule has 1 aliphatic rings. The van der Waals surface area contributed by atoms with E-state index >= 15 is 0 Å². The van der Waals surface area contributed by atoms with Crippen molar-refractivity contribution in [2.24, 2.45) is 11.7 Å². The van der Waals surface area contributed by atoms with Gasteiger partial charge in [-0.1, -0.05) is 60.7 Å². The van der Waals surface area contributed by atoms with E-state index in [1.54, 1.807) is 0 Å². The van der Waals surface area contributed by atoms with Crippen LogP contribution in [0.2, 0.25) is 0 Å². The van der Waals surface area contributed by atoms with Crippen molar-refractivity contribution in [3.63, 3.8) is 0 Å². The van der Waals surface area contributed by atoms with Gasteiger partial charge in [0, 0.05) is 22.6 Å². The third kappa shape index (κ3) is 3.99. The number of hydrogen-bond donors (Lipinski definition) is 2. The van der Waals surface area contributed by atoms with Gasteiger partial charge in [-0.15, -0.1) is 0 Å². The van der Waals surface area contributed by atoms with E-state index in [0.717, 1.165) is 30.5 Å². The van der Waals surface area contributed by atoms with Crippen molar-refractivity contribution in [1.82, 2.24) is 4.98 Å². The molecule has 2 atom stereocenters. The summed E-state index contributed by atoms with van der Waals surface area (Å²) in [5.74, 6) is 1.52. The summed E-state index contributed by atoms with van der Waals surface area (Å²) in [6, 6.07) is 27.5. The Hall–Kier alpha value is -3.04. The summed E-state index contributed by atoms with van der Waals surface area (Å²) in [6.45, 7) is 0.582. The summed E-state index contributed by atoms with van der Waals surface area (Å²) in [5, 5.41) is 1.26. The summed E-state index contributed by atoms with van der Waals surface area (Å²) < 4.78 is 6.07. The first-order chi connectivity index (χ1) is 14.8. The molecule has 3 heteroatoms. The number of H-pyrrole nitrogens is 1. The molecule has 5 rings (SSSR count). The number of aromatic nitrogens is 1. The van der Waals surface area contributed by atoms with Crippen LogP contribution in [0, 0.1) is 5.92 Å². The van der Waals surface area contributed by atoms with Gasteiger partial charge in [-0.25, -0.2) is 0 Å². The van der Waals surface area contributed by atoms with Crippen LogP contribution in [0.25, 0.3) is 10.9 Å². The van der Waals surface area contributed by atoms with Crippen LogP contribution in [0.5, 0.6) is 5.75 Å². The molecule has 152 valence electrons. The van der Waals surface area contributed by atoms with Gasteiger partial charge >= 0.3 is 0 Å². The molecule has 0 radical (unpaired) electrons. The average molecular weight is 397 g/mol. The minimum Gasteiger partial charge on any atom is -0.489 e. The highest BCUT2D eigenvalue weighted by molar-refractivity contribution is 5.86. The van der Waals surface area contributed by atoms with Crippen LogP contribution in [0.1, 0.15) is 41.3 Å². The third-order valence-electron chi connectivity index (χ3n) is 6.29. The summed E-state index contributed by atoms with van der Waals surface area (Å²) >= 11 is 0. The number of rotatable bonds is 6. The van der Waals surface area contributed by atoms with Crippen LogP contribution in [-0.4, -0.2) is 4.98 Å². The second kappa shape index (κ2) is 8.37. The van der Waals surface area contributed by atoms with Crippen molar-refractivity contribution >= 4 is 10.9 Å². The summed E-state index contributed by atoms with van der Waals surface area (Å²) in [4.78, 5) is 3.58. The fourth-order valence-corrected chi connectivity index (χ4v) is 4.70. The number of fused-ring (bicyclic) bond motifs is 3. The molecule has 0 saturated carbocycles. The van der Waals surface area contributed by atoms with Crippen LogP contribution in [0.3, 0.4) is 0 Å². The van der Waals surface area contributed by atoms with Gasteiger partial charge in [0.05, 0.1) is 0 Å². The Labute approximate surface area is 177 Å². The Bertz CT molecular complexity index is 1120. The largest absolute Gasteiger partial charge is 0.489 e. The zero-order chi connectivity index (χ0) is 20.3. The van der Waals surface area contributed by atoms with E-state index < -0.39 is 0 Å². The van der Waals surface area contributed by atoms with Crippen molar-refractivity contribution < 1.29 is 4.74 Å². The van der Waals surface area contributed by atoms with E-state index in [1.807, 2.05) is 24.3 Å². The van der Waals surface area contributed by atoms with Gasteiger partial charge in [-0.3, -0.25) is 0 Å². The molecule has 30 heavy (non-hydrogen) atoms. The summed E-state index contributed by atoms with van der Waals surface area (Å²) in [6.07, 6.45) is 4.41. The molecule has 0 aliphatic heterocycles. The Kier molecular flexibility index (Phi) is 5.29. The van der Waals surface area contributed by atoms with Crippen molar-refractivity contribution in [3.8, 4) is 5.75 Å². The molecule has 3 nitrogen and oxygen atoms in total. The molecule has 1 aromatic heterocycles. The second-order valence-corrected chi connectivity index (χ2v) is 8.44. The number of hydrogen-bond acceptors (Lipinski definition) is 2. The molecule has 4 aromatic rings. The topological polar surface area (TPSA) is 51.0 Å². The van der Waals surface area contributed by atoms with E-state index in [-0.39, 0.29) is 6.04 Å². The van der Waals surface area contributed by atoms with Gasteiger partial charge in [-0.2, -0.15) is 0 Å². The van der Waals surface area contributed by atoms with Gasteiger partial charge in [0.15, 0.2) is 0 Å². The second-order valence-electron chi connectivity index (χ2n) is 8.44. The van der Waals surface area contributed by atoms with Crippen LogP contribution < -0.4 is 10.5 Å². The maximum atomic E-state index is 6.58. The zero-order valence-electron chi connectivity index (χ0n) is 17.2. The molecule has 2 unspecified atom stereocenters. The maximum Gasteiger partial charge on any atom is 0.120 e. The minimum atomic E-state index is 0.0793. The highest BCUT2D eigenvalue weighted by Gasteiger charge is 2.28. The molecule has 0 amide bonds. The standard InChI is InChI=1S/C27H28N2O/c28-25-16-21(12-11-19-7-3-1-4-8-19)15-24-23-17-22(13-14-26(23)29-27(24)25)30-18-20-9-5-2-6-10-20/h1-10,13-14,17,21,25,29H,11-12,15-16,18,28H2. The van der Waals surface area contributed by atoms with E-state index in [2.05, 4.69) is 59.6 Å². The van der Waals surface area contributed by atoms with Gasteiger partial charge in [0.2, 0.25) is 0 Å². The first kappa shape index (κ1) is 19.0. The number of nitrogens with one attached hydrogen (secondary N) is 1. The maximum absolute atomic E-state index is 6.58. The smallest absolute Gasteiger partial charge is 0.120 e. The highest BCUT2D eigenvalue weighted by Crippen LogP contribution is 2.39. The average Bonchev–Trinajstić information content (AvgIpc) is 3.16. The molecular weight excluding hydrogens is 368 g/mol. The first-order valence-electron chi connectivity index (χ1n) is 10.9. The lowest BCUT2D eigenvalue weighted by Crippen LogP contribution is -2.24. The number of aromatic amines is 1. The Morgan fingerprint density at radius 1 is 0.900 bits per heavy atom. The van der Waals surface area contributed by atoms with Crippen LogP contribution in [-0.2, 0) is 19.4 Å². The van der Waals surface area contributed by atoms with Crippen LogP contribution >= 0.6 is 0 Å². The Morgan fingerprint density at radius 2 is 1.63 bits per heavy atom. The Morgan fingerprint density at radius 3 is 2.40 bits per heavy atom. The van der Waals surface area contributed by atoms with Gasteiger partial charge in [0.1, 0.15) is 12.4 Å². The summed E-state index contributed by atoms with van der Waals surface area (Å²) in [7, 11) is 0. The quantitative estimate of drug-likeness (QED) is 0.424. The first-order valence-corrected chi connectivity index (χ1v) is 10.9. The Balaban J connectivity index is 1.34. The van der Waals surface area contributed by atoms with Crippen LogP contribution in [0.15, 0.2) is 78.9 Å². The molecule has 0 bridgehead atoms. The fourth-order valence-electron chi connectivity index (χ4n) is 4.70. The highest BCUT2D eigenvalue weighted by atomic mass is 16.5. The number of nitrogens with two attached hydrogens (primary N) is 1. The molecule has 3 N–H and O–H groups in total.